The number of carboxylic acid groups (broad SMARTS) is 1. The lowest BCUT2D eigenvalue weighted by Gasteiger charge is -2.38. The van der Waals surface area contributed by atoms with Crippen LogP contribution in [0.5, 0.6) is 0 Å². The highest BCUT2D eigenvalue weighted by Crippen LogP contribution is 2.33. The predicted molar refractivity (Wildman–Crippen MR) is 76.1 cm³/mol. The molecule has 136 valence electrons. The summed E-state index contributed by atoms with van der Waals surface area (Å²) in [7, 11) is 0. The summed E-state index contributed by atoms with van der Waals surface area (Å²) in [5, 5.41) is 19.4. The third-order valence-electron chi connectivity index (χ3n) is 3.77. The lowest BCUT2D eigenvalue weighted by atomic mass is 9.99. The fraction of sp³-hybridized carbons (Fsp3) is 0.429. The lowest BCUT2D eigenvalue weighted by molar-refractivity contribution is -0.384. The van der Waals surface area contributed by atoms with Crippen LogP contribution in [0.3, 0.4) is 0 Å². The molecule has 1 fully saturated rings. The van der Waals surface area contributed by atoms with Gasteiger partial charge >= 0.3 is 18.2 Å². The molecule has 0 aliphatic carbocycles. The van der Waals surface area contributed by atoms with Gasteiger partial charge in [-0.15, -0.1) is 0 Å². The van der Waals surface area contributed by atoms with Gasteiger partial charge in [0.15, 0.2) is 0 Å². The van der Waals surface area contributed by atoms with E-state index in [2.05, 4.69) is 0 Å². The quantitative estimate of drug-likeness (QED) is 0.503. The van der Waals surface area contributed by atoms with E-state index in [0.29, 0.717) is 0 Å². The Balaban J connectivity index is 2.06. The number of nitrogens with zero attached hydrogens (tertiary/aromatic N) is 2. The molecule has 8 nitrogen and oxygen atoms in total. The molecule has 11 heteroatoms. The Bertz CT molecular complexity index is 676. The van der Waals surface area contributed by atoms with Gasteiger partial charge in [-0.2, -0.15) is 13.2 Å². The first-order chi connectivity index (χ1) is 11.6. The maximum absolute atomic E-state index is 13.0. The van der Waals surface area contributed by atoms with Gasteiger partial charge < -0.3 is 9.84 Å². The van der Waals surface area contributed by atoms with Crippen molar-refractivity contribution in [3.8, 4) is 0 Å². The van der Waals surface area contributed by atoms with Crippen molar-refractivity contribution in [3.05, 3.63) is 39.9 Å². The van der Waals surface area contributed by atoms with E-state index >= 15 is 0 Å². The number of halogens is 3. The predicted octanol–water partition coefficient (Wildman–Crippen LogP) is 2.82. The number of carbonyl (C=O) groups excluding carboxylic acids is 1. The van der Waals surface area contributed by atoms with Crippen molar-refractivity contribution >= 4 is 17.7 Å². The van der Waals surface area contributed by atoms with Crippen molar-refractivity contribution in [1.29, 1.82) is 0 Å². The maximum Gasteiger partial charge on any atom is 0.409 e. The highest BCUT2D eigenvalue weighted by atomic mass is 19.4. The number of hydrogen-bond acceptors (Lipinski definition) is 5. The van der Waals surface area contributed by atoms with Crippen LogP contribution < -0.4 is 0 Å². The van der Waals surface area contributed by atoms with Crippen LogP contribution in [-0.2, 0) is 4.74 Å². The van der Waals surface area contributed by atoms with E-state index in [0.717, 1.165) is 24.3 Å². The fourth-order valence-corrected chi connectivity index (χ4v) is 2.52. The number of likely N-dealkylation sites (tertiary alicyclic amines) is 1. The van der Waals surface area contributed by atoms with Gasteiger partial charge in [-0.05, 0) is 12.1 Å². The molecule has 0 saturated carbocycles. The second-order valence-corrected chi connectivity index (χ2v) is 5.39. The number of alkyl halides is 3. The van der Waals surface area contributed by atoms with E-state index in [1.807, 2.05) is 0 Å². The monoisotopic (exact) mass is 362 g/mol. The van der Waals surface area contributed by atoms with Gasteiger partial charge in [0.05, 0.1) is 10.5 Å². The third kappa shape index (κ3) is 4.37. The van der Waals surface area contributed by atoms with Gasteiger partial charge in [-0.25, -0.2) is 9.59 Å². The van der Waals surface area contributed by atoms with Crippen molar-refractivity contribution < 1.29 is 37.5 Å². The highest BCUT2D eigenvalue weighted by molar-refractivity contribution is 5.89. The number of hydrogen-bond donors (Lipinski definition) is 1. The first-order valence-electron chi connectivity index (χ1n) is 7.11. The molecule has 2 atom stereocenters. The number of nitro benzene ring substituents is 1. The van der Waals surface area contributed by atoms with Crippen LogP contribution in [0.1, 0.15) is 23.2 Å². The molecule has 0 spiro atoms. The van der Waals surface area contributed by atoms with Crippen LogP contribution in [0.15, 0.2) is 24.3 Å². The summed E-state index contributed by atoms with van der Waals surface area (Å²) in [5.41, 5.74) is -0.293. The van der Waals surface area contributed by atoms with Gasteiger partial charge in [0.25, 0.3) is 5.69 Å². The average Bonchev–Trinajstić information content (AvgIpc) is 2.53. The van der Waals surface area contributed by atoms with E-state index in [-0.39, 0.29) is 22.6 Å². The molecule has 1 saturated heterocycles. The smallest absolute Gasteiger partial charge is 0.409 e. The summed E-state index contributed by atoms with van der Waals surface area (Å²) in [5.74, 6) is -0.926. The van der Waals surface area contributed by atoms with E-state index in [1.54, 1.807) is 0 Å². The molecule has 1 aliphatic rings. The van der Waals surface area contributed by atoms with Gasteiger partial charge in [-0.3, -0.25) is 15.0 Å². The Morgan fingerprint density at radius 1 is 1.28 bits per heavy atom. The normalized spacial score (nSPS) is 20.8. The summed E-state index contributed by atoms with van der Waals surface area (Å²) in [6, 6.07) is 2.15. The minimum absolute atomic E-state index is 0.0465. The van der Waals surface area contributed by atoms with E-state index in [9.17, 15) is 32.9 Å². The molecular formula is C14H13F3N2O6. The summed E-state index contributed by atoms with van der Waals surface area (Å²) in [6.45, 7) is -0.419. The largest absolute Gasteiger partial charge is 0.465 e. The van der Waals surface area contributed by atoms with Crippen LogP contribution in [0.25, 0.3) is 0 Å². The summed E-state index contributed by atoms with van der Waals surface area (Å²) >= 11 is 0. The molecule has 0 aromatic heterocycles. The first kappa shape index (κ1) is 18.5. The van der Waals surface area contributed by atoms with Crippen molar-refractivity contribution in [1.82, 2.24) is 4.90 Å². The average molecular weight is 362 g/mol. The SMILES string of the molecule is O=C(OC1CCN(C(=O)O)C(C(F)(F)F)C1)c1ccc([N+](=O)[O-])cc1. The Morgan fingerprint density at radius 3 is 2.36 bits per heavy atom. The van der Waals surface area contributed by atoms with Crippen LogP contribution in [0.2, 0.25) is 0 Å². The zero-order valence-corrected chi connectivity index (χ0v) is 12.6. The molecule has 1 aromatic rings. The van der Waals surface area contributed by atoms with Crippen LogP contribution in [0.4, 0.5) is 23.7 Å². The second kappa shape index (κ2) is 6.95. The molecule has 2 rings (SSSR count). The minimum Gasteiger partial charge on any atom is -0.465 e. The van der Waals surface area contributed by atoms with Crippen molar-refractivity contribution in [2.75, 3.05) is 6.54 Å². The number of esters is 1. The van der Waals surface area contributed by atoms with E-state index in [1.165, 1.54) is 0 Å². The van der Waals surface area contributed by atoms with Gasteiger partial charge in [0, 0.05) is 31.5 Å². The number of piperidine rings is 1. The zero-order chi connectivity index (χ0) is 18.8. The Morgan fingerprint density at radius 2 is 1.88 bits per heavy atom. The highest BCUT2D eigenvalue weighted by Gasteiger charge is 2.49. The number of benzene rings is 1. The minimum atomic E-state index is -4.78. The zero-order valence-electron chi connectivity index (χ0n) is 12.6. The number of carbonyl (C=O) groups is 2. The first-order valence-corrected chi connectivity index (χ1v) is 7.11. The Kier molecular flexibility index (Phi) is 5.14. The molecule has 2 unspecified atom stereocenters. The van der Waals surface area contributed by atoms with Crippen LogP contribution in [-0.4, -0.2) is 51.9 Å². The maximum atomic E-state index is 13.0. The number of ether oxygens (including phenoxy) is 1. The second-order valence-electron chi connectivity index (χ2n) is 5.39. The Hall–Kier alpha value is -2.85. The lowest BCUT2D eigenvalue weighted by Crippen LogP contribution is -2.54. The summed E-state index contributed by atoms with van der Waals surface area (Å²) in [4.78, 5) is 33.0. The van der Waals surface area contributed by atoms with E-state index in [4.69, 9.17) is 9.84 Å². The molecule has 0 radical (unpaired) electrons. The van der Waals surface area contributed by atoms with Gasteiger partial charge in [0.2, 0.25) is 0 Å². The number of non-ortho nitro benzene ring substituents is 1. The Labute approximate surface area is 138 Å². The van der Waals surface area contributed by atoms with E-state index < -0.39 is 48.3 Å². The van der Waals surface area contributed by atoms with Crippen molar-refractivity contribution in [3.63, 3.8) is 0 Å². The summed E-state index contributed by atoms with van der Waals surface area (Å²) < 4.78 is 44.0. The van der Waals surface area contributed by atoms with Crippen molar-refractivity contribution in [2.24, 2.45) is 0 Å². The molecule has 1 aliphatic heterocycles. The molecule has 0 bridgehead atoms. The van der Waals surface area contributed by atoms with Gasteiger partial charge in [0.1, 0.15) is 12.1 Å². The van der Waals surface area contributed by atoms with Crippen molar-refractivity contribution in [2.45, 2.75) is 31.2 Å². The van der Waals surface area contributed by atoms with Crippen LogP contribution >= 0.6 is 0 Å². The molecular weight excluding hydrogens is 349 g/mol. The van der Waals surface area contributed by atoms with Gasteiger partial charge in [-0.1, -0.05) is 0 Å². The molecule has 1 heterocycles. The molecule has 1 amide bonds. The van der Waals surface area contributed by atoms with Crippen LogP contribution in [0, 0.1) is 10.1 Å². The topological polar surface area (TPSA) is 110 Å². The fourth-order valence-electron chi connectivity index (χ4n) is 2.52. The molecule has 25 heavy (non-hydrogen) atoms. The number of nitro groups is 1. The number of rotatable bonds is 3. The number of amides is 1. The summed E-state index contributed by atoms with van der Waals surface area (Å²) in [6.07, 6.45) is -8.35. The molecule has 1 aromatic carbocycles. The standard InChI is InChI=1S/C14H13F3N2O6/c15-14(16,17)11-7-10(5-6-18(11)13(21)22)25-12(20)8-1-3-9(4-2-8)19(23)24/h1-4,10-11H,5-7H2,(H,21,22). The third-order valence-corrected chi connectivity index (χ3v) is 3.77. The molecule has 1 N–H and O–H groups in total.